The number of hydrogen-bond donors (Lipinski definition) is 2. The van der Waals surface area contributed by atoms with Crippen molar-refractivity contribution in [2.24, 2.45) is 0 Å². The van der Waals surface area contributed by atoms with Crippen LogP contribution in [0.4, 0.5) is 5.69 Å². The summed E-state index contributed by atoms with van der Waals surface area (Å²) < 4.78 is 0.965. The van der Waals surface area contributed by atoms with Gasteiger partial charge in [0.2, 0.25) is 0 Å². The average molecular weight is 387 g/mol. The minimum absolute atomic E-state index is 0.144. The molecule has 2 N–H and O–H groups in total. The molecule has 0 aliphatic carbocycles. The van der Waals surface area contributed by atoms with Crippen LogP contribution < -0.4 is 10.6 Å². The van der Waals surface area contributed by atoms with E-state index < -0.39 is 0 Å². The van der Waals surface area contributed by atoms with Gasteiger partial charge in [0.05, 0.1) is 5.02 Å². The first kappa shape index (κ1) is 18.4. The molecule has 0 saturated carbocycles. The molecule has 0 aliphatic heterocycles. The zero-order valence-electron chi connectivity index (χ0n) is 14.3. The summed E-state index contributed by atoms with van der Waals surface area (Å²) in [5.41, 5.74) is 1.08. The summed E-state index contributed by atoms with van der Waals surface area (Å²) in [6.07, 6.45) is 1.96. The van der Waals surface area contributed by atoms with Gasteiger partial charge >= 0.3 is 0 Å². The molecule has 3 aromatic rings. The fourth-order valence-corrected chi connectivity index (χ4v) is 3.98. The van der Waals surface area contributed by atoms with Crippen LogP contribution in [-0.2, 0) is 0 Å². The molecule has 26 heavy (non-hydrogen) atoms. The molecule has 3 rings (SSSR count). The van der Waals surface area contributed by atoms with Crippen LogP contribution in [0.2, 0.25) is 5.02 Å². The molecule has 1 heterocycles. The first-order valence-corrected chi connectivity index (χ1v) is 9.66. The Labute approximate surface area is 161 Å². The van der Waals surface area contributed by atoms with Crippen LogP contribution in [0.5, 0.6) is 0 Å². The Morgan fingerprint density at radius 3 is 2.65 bits per heavy atom. The summed E-state index contributed by atoms with van der Waals surface area (Å²) in [6.45, 7) is 2.71. The Bertz CT molecular complexity index is 952. The number of halogens is 1. The molecule has 2 amide bonds. The Morgan fingerprint density at radius 1 is 1.08 bits per heavy atom. The Hall–Kier alpha value is -2.37. The molecule has 1 aromatic heterocycles. The summed E-state index contributed by atoms with van der Waals surface area (Å²) in [6, 6.07) is 14.5. The van der Waals surface area contributed by atoms with Gasteiger partial charge in [0.15, 0.2) is 0 Å². The standard InChI is InChI=1S/C20H19ClN2O2S/c1-2-3-11-22-19(24)13-7-6-8-14(12-13)23-20(25)18-17(21)15-9-4-5-10-16(15)26-18/h4-10,12H,2-3,11H2,1H3,(H,22,24)(H,23,25). The number of amides is 2. The van der Waals surface area contributed by atoms with Crippen LogP contribution in [0.3, 0.4) is 0 Å². The van der Waals surface area contributed by atoms with E-state index in [9.17, 15) is 9.59 Å². The van der Waals surface area contributed by atoms with Gasteiger partial charge in [-0.2, -0.15) is 0 Å². The molecule has 0 bridgehead atoms. The van der Waals surface area contributed by atoms with Crippen LogP contribution in [0.25, 0.3) is 10.1 Å². The molecular weight excluding hydrogens is 368 g/mol. The van der Waals surface area contributed by atoms with E-state index in [0.29, 0.717) is 27.7 Å². The van der Waals surface area contributed by atoms with E-state index in [2.05, 4.69) is 17.6 Å². The van der Waals surface area contributed by atoms with E-state index in [1.807, 2.05) is 24.3 Å². The van der Waals surface area contributed by atoms with Gasteiger partial charge in [-0.05, 0) is 30.7 Å². The molecule has 0 fully saturated rings. The van der Waals surface area contributed by atoms with Gasteiger partial charge in [0.25, 0.3) is 11.8 Å². The first-order chi connectivity index (χ1) is 12.6. The van der Waals surface area contributed by atoms with Crippen molar-refractivity contribution in [3.05, 3.63) is 64.0 Å². The summed E-state index contributed by atoms with van der Waals surface area (Å²) in [5.74, 6) is -0.422. The molecule has 0 radical (unpaired) electrons. The van der Waals surface area contributed by atoms with E-state index in [4.69, 9.17) is 11.6 Å². The number of carbonyl (C=O) groups excluding carboxylic acids is 2. The summed E-state index contributed by atoms with van der Waals surface area (Å²) >= 11 is 7.71. The second-order valence-corrected chi connectivity index (χ2v) is 7.32. The number of thiophene rings is 1. The van der Waals surface area contributed by atoms with Crippen molar-refractivity contribution in [3.8, 4) is 0 Å². The van der Waals surface area contributed by atoms with Gasteiger partial charge in [0, 0.05) is 27.9 Å². The highest BCUT2D eigenvalue weighted by molar-refractivity contribution is 7.21. The van der Waals surface area contributed by atoms with Crippen molar-refractivity contribution >= 4 is 50.5 Å². The molecule has 0 spiro atoms. The van der Waals surface area contributed by atoms with Gasteiger partial charge in [-0.25, -0.2) is 0 Å². The number of carbonyl (C=O) groups is 2. The maximum absolute atomic E-state index is 12.6. The lowest BCUT2D eigenvalue weighted by Crippen LogP contribution is -2.24. The van der Waals surface area contributed by atoms with Gasteiger partial charge < -0.3 is 10.6 Å². The predicted molar refractivity (Wildman–Crippen MR) is 108 cm³/mol. The van der Waals surface area contributed by atoms with Crippen molar-refractivity contribution in [2.75, 3.05) is 11.9 Å². The number of benzene rings is 2. The Morgan fingerprint density at radius 2 is 1.88 bits per heavy atom. The lowest BCUT2D eigenvalue weighted by Gasteiger charge is -2.08. The lowest BCUT2D eigenvalue weighted by atomic mass is 10.2. The first-order valence-electron chi connectivity index (χ1n) is 8.46. The second kappa shape index (κ2) is 8.34. The summed E-state index contributed by atoms with van der Waals surface area (Å²) in [5, 5.41) is 7.02. The third-order valence-corrected chi connectivity index (χ3v) is 5.61. The molecule has 0 atom stereocenters. The predicted octanol–water partition coefficient (Wildman–Crippen LogP) is 5.34. The van der Waals surface area contributed by atoms with Crippen LogP contribution in [-0.4, -0.2) is 18.4 Å². The Kier molecular flexibility index (Phi) is 5.91. The van der Waals surface area contributed by atoms with Crippen molar-refractivity contribution in [1.29, 1.82) is 0 Å². The number of hydrogen-bond acceptors (Lipinski definition) is 3. The number of rotatable bonds is 6. The van der Waals surface area contributed by atoms with E-state index in [1.165, 1.54) is 11.3 Å². The molecule has 6 heteroatoms. The highest BCUT2D eigenvalue weighted by atomic mass is 35.5. The molecule has 4 nitrogen and oxygen atoms in total. The highest BCUT2D eigenvalue weighted by Gasteiger charge is 2.17. The average Bonchev–Trinajstić information content (AvgIpc) is 2.99. The largest absolute Gasteiger partial charge is 0.352 e. The van der Waals surface area contributed by atoms with Gasteiger partial charge in [-0.3, -0.25) is 9.59 Å². The maximum Gasteiger partial charge on any atom is 0.267 e. The zero-order valence-corrected chi connectivity index (χ0v) is 15.9. The third-order valence-electron chi connectivity index (χ3n) is 3.94. The molecule has 2 aromatic carbocycles. The molecule has 0 aliphatic rings. The zero-order chi connectivity index (χ0) is 18.5. The third kappa shape index (κ3) is 4.06. The van der Waals surface area contributed by atoms with Crippen molar-refractivity contribution in [3.63, 3.8) is 0 Å². The number of fused-ring (bicyclic) bond motifs is 1. The molecule has 0 saturated heterocycles. The summed E-state index contributed by atoms with van der Waals surface area (Å²) in [7, 11) is 0. The molecular formula is C20H19ClN2O2S. The van der Waals surface area contributed by atoms with E-state index in [-0.39, 0.29) is 11.8 Å². The topological polar surface area (TPSA) is 58.2 Å². The van der Waals surface area contributed by atoms with Crippen LogP contribution >= 0.6 is 22.9 Å². The fraction of sp³-hybridized carbons (Fsp3) is 0.200. The monoisotopic (exact) mass is 386 g/mol. The quantitative estimate of drug-likeness (QED) is 0.562. The van der Waals surface area contributed by atoms with Crippen molar-refractivity contribution in [2.45, 2.75) is 19.8 Å². The van der Waals surface area contributed by atoms with E-state index in [0.717, 1.165) is 22.9 Å². The normalized spacial score (nSPS) is 10.7. The minimum atomic E-state index is -0.278. The SMILES string of the molecule is CCCCNC(=O)c1cccc(NC(=O)c2sc3ccccc3c2Cl)c1. The molecule has 0 unspecified atom stereocenters. The smallest absolute Gasteiger partial charge is 0.267 e. The van der Waals surface area contributed by atoms with E-state index in [1.54, 1.807) is 24.3 Å². The number of unbranched alkanes of at least 4 members (excludes halogenated alkanes) is 1. The van der Waals surface area contributed by atoms with Gasteiger partial charge in [-0.1, -0.05) is 49.2 Å². The maximum atomic E-state index is 12.6. The highest BCUT2D eigenvalue weighted by Crippen LogP contribution is 2.35. The second-order valence-electron chi connectivity index (χ2n) is 5.89. The van der Waals surface area contributed by atoms with E-state index >= 15 is 0 Å². The van der Waals surface area contributed by atoms with Gasteiger partial charge in [-0.15, -0.1) is 11.3 Å². The number of anilines is 1. The fourth-order valence-electron chi connectivity index (χ4n) is 2.57. The number of nitrogens with one attached hydrogen (secondary N) is 2. The van der Waals surface area contributed by atoms with Crippen LogP contribution in [0.15, 0.2) is 48.5 Å². The van der Waals surface area contributed by atoms with Crippen molar-refractivity contribution in [1.82, 2.24) is 5.32 Å². The Balaban J connectivity index is 1.76. The van der Waals surface area contributed by atoms with Crippen molar-refractivity contribution < 1.29 is 9.59 Å². The summed E-state index contributed by atoms with van der Waals surface area (Å²) in [4.78, 5) is 25.2. The molecule has 134 valence electrons. The lowest BCUT2D eigenvalue weighted by molar-refractivity contribution is 0.0951. The minimum Gasteiger partial charge on any atom is -0.352 e. The van der Waals surface area contributed by atoms with Crippen LogP contribution in [0.1, 0.15) is 39.8 Å². The van der Waals surface area contributed by atoms with Gasteiger partial charge in [0.1, 0.15) is 4.88 Å². The van der Waals surface area contributed by atoms with Crippen LogP contribution in [0, 0.1) is 0 Å².